The summed E-state index contributed by atoms with van der Waals surface area (Å²) in [5.41, 5.74) is 2.18. The van der Waals surface area contributed by atoms with E-state index in [0.29, 0.717) is 11.4 Å². The predicted octanol–water partition coefficient (Wildman–Crippen LogP) is 2.27. The minimum Gasteiger partial charge on any atom is -0.341 e. The largest absolute Gasteiger partial charge is 0.341 e. The fourth-order valence-corrected chi connectivity index (χ4v) is 2.08. The lowest BCUT2D eigenvalue weighted by molar-refractivity contribution is 0.102. The number of urea groups is 1. The van der Waals surface area contributed by atoms with Gasteiger partial charge in [-0.05, 0) is 36.4 Å². The van der Waals surface area contributed by atoms with Gasteiger partial charge in [-0.25, -0.2) is 4.79 Å². The maximum Gasteiger partial charge on any atom is 0.318 e. The number of benzene rings is 2. The number of aromatic nitrogens is 3. The summed E-state index contributed by atoms with van der Waals surface area (Å²) in [4.78, 5) is 24.9. The molecule has 0 atom stereocenters. The van der Waals surface area contributed by atoms with Gasteiger partial charge in [-0.3, -0.25) is 4.79 Å². The van der Waals surface area contributed by atoms with E-state index in [-0.39, 0.29) is 17.6 Å². The number of carbonyl (C=O) groups is 2. The van der Waals surface area contributed by atoms with Crippen LogP contribution in [0.4, 0.5) is 16.2 Å². The molecule has 3 amide bonds. The molecule has 0 spiro atoms. The highest BCUT2D eigenvalue weighted by molar-refractivity contribution is 6.02. The first-order chi connectivity index (χ1) is 12.2. The van der Waals surface area contributed by atoms with E-state index in [1.807, 2.05) is 30.3 Å². The van der Waals surface area contributed by atoms with Crippen LogP contribution in [0, 0.1) is 0 Å². The molecule has 126 valence electrons. The first kappa shape index (κ1) is 16.2. The lowest BCUT2D eigenvalue weighted by atomic mass is 10.2. The van der Waals surface area contributed by atoms with Crippen LogP contribution in [0.5, 0.6) is 0 Å². The molecule has 0 unspecified atom stereocenters. The van der Waals surface area contributed by atoms with E-state index in [0.717, 1.165) is 5.69 Å². The number of nitrogens with zero attached hydrogens (tertiary/aromatic N) is 3. The lowest BCUT2D eigenvalue weighted by Crippen LogP contribution is -2.24. The van der Waals surface area contributed by atoms with Crippen LogP contribution >= 0.6 is 0 Å². The van der Waals surface area contributed by atoms with Gasteiger partial charge in [-0.15, -0.1) is 5.10 Å². The number of anilines is 2. The molecule has 3 N–H and O–H groups in total. The molecule has 1 aromatic heterocycles. The van der Waals surface area contributed by atoms with Gasteiger partial charge in [0.2, 0.25) is 0 Å². The molecule has 3 aromatic rings. The highest BCUT2D eigenvalue weighted by atomic mass is 16.2. The summed E-state index contributed by atoms with van der Waals surface area (Å²) in [5.74, 6) is -0.366. The van der Waals surface area contributed by atoms with Crippen LogP contribution in [0.25, 0.3) is 5.69 Å². The second-order valence-corrected chi connectivity index (χ2v) is 5.09. The van der Waals surface area contributed by atoms with Crippen molar-refractivity contribution in [2.45, 2.75) is 0 Å². The zero-order chi connectivity index (χ0) is 17.6. The number of rotatable bonds is 4. The molecule has 0 fully saturated rings. The standard InChI is InChI=1S/C17H16N6O2/c1-18-17(25)21-13-9-7-12(8-10-13)20-16(24)15-11-19-23(22-15)14-5-3-2-4-6-14/h2-11H,1H3,(H,20,24)(H2,18,21,25). The summed E-state index contributed by atoms with van der Waals surface area (Å²) in [7, 11) is 1.53. The van der Waals surface area contributed by atoms with Gasteiger partial charge in [-0.2, -0.15) is 9.90 Å². The van der Waals surface area contributed by atoms with E-state index < -0.39 is 0 Å². The van der Waals surface area contributed by atoms with Gasteiger partial charge in [0, 0.05) is 18.4 Å². The zero-order valence-corrected chi connectivity index (χ0v) is 13.4. The Morgan fingerprint density at radius 1 is 0.920 bits per heavy atom. The van der Waals surface area contributed by atoms with E-state index in [1.54, 1.807) is 24.3 Å². The Morgan fingerprint density at radius 3 is 2.20 bits per heavy atom. The van der Waals surface area contributed by atoms with E-state index >= 15 is 0 Å². The van der Waals surface area contributed by atoms with E-state index in [9.17, 15) is 9.59 Å². The predicted molar refractivity (Wildman–Crippen MR) is 93.8 cm³/mol. The molecular formula is C17H16N6O2. The van der Waals surface area contributed by atoms with Crippen molar-refractivity contribution in [3.63, 3.8) is 0 Å². The summed E-state index contributed by atoms with van der Waals surface area (Å²) in [6.07, 6.45) is 1.41. The van der Waals surface area contributed by atoms with Crippen molar-refractivity contribution in [1.29, 1.82) is 0 Å². The minimum absolute atomic E-state index is 0.205. The highest BCUT2D eigenvalue weighted by Crippen LogP contribution is 2.14. The van der Waals surface area contributed by atoms with Gasteiger partial charge >= 0.3 is 6.03 Å². The van der Waals surface area contributed by atoms with Gasteiger partial charge in [0.1, 0.15) is 0 Å². The fraction of sp³-hybridized carbons (Fsp3) is 0.0588. The highest BCUT2D eigenvalue weighted by Gasteiger charge is 2.12. The third-order valence-corrected chi connectivity index (χ3v) is 3.34. The quantitative estimate of drug-likeness (QED) is 0.680. The maximum atomic E-state index is 12.3. The summed E-state index contributed by atoms with van der Waals surface area (Å²) < 4.78 is 0. The van der Waals surface area contributed by atoms with Crippen molar-refractivity contribution in [3.8, 4) is 5.69 Å². The molecule has 0 aliphatic carbocycles. The molecule has 0 saturated heterocycles. The zero-order valence-electron chi connectivity index (χ0n) is 13.4. The number of carbonyl (C=O) groups excluding carboxylic acids is 2. The van der Waals surface area contributed by atoms with Gasteiger partial charge in [-0.1, -0.05) is 18.2 Å². The van der Waals surface area contributed by atoms with Crippen LogP contribution in [0.2, 0.25) is 0 Å². The van der Waals surface area contributed by atoms with Crippen molar-refractivity contribution in [2.75, 3.05) is 17.7 Å². The van der Waals surface area contributed by atoms with Gasteiger partial charge in [0.05, 0.1) is 11.9 Å². The second kappa shape index (κ2) is 7.26. The Bertz CT molecular complexity index is 874. The third kappa shape index (κ3) is 3.99. The monoisotopic (exact) mass is 336 g/mol. The third-order valence-electron chi connectivity index (χ3n) is 3.34. The van der Waals surface area contributed by atoms with Crippen molar-refractivity contribution < 1.29 is 9.59 Å². The summed E-state index contributed by atoms with van der Waals surface area (Å²) in [6, 6.07) is 15.8. The SMILES string of the molecule is CNC(=O)Nc1ccc(NC(=O)c2cnn(-c3ccccc3)n2)cc1. The smallest absolute Gasteiger partial charge is 0.318 e. The van der Waals surface area contributed by atoms with Gasteiger partial charge in [0.25, 0.3) is 5.91 Å². The second-order valence-electron chi connectivity index (χ2n) is 5.09. The van der Waals surface area contributed by atoms with E-state index in [2.05, 4.69) is 26.1 Å². The fourth-order valence-electron chi connectivity index (χ4n) is 2.08. The van der Waals surface area contributed by atoms with E-state index in [4.69, 9.17) is 0 Å². The molecular weight excluding hydrogens is 320 g/mol. The Morgan fingerprint density at radius 2 is 1.56 bits per heavy atom. The molecule has 0 saturated carbocycles. The van der Waals surface area contributed by atoms with Crippen LogP contribution in [-0.4, -0.2) is 34.0 Å². The Hall–Kier alpha value is -3.68. The maximum absolute atomic E-state index is 12.3. The van der Waals surface area contributed by atoms with Crippen molar-refractivity contribution in [3.05, 3.63) is 66.5 Å². The topological polar surface area (TPSA) is 101 Å². The van der Waals surface area contributed by atoms with Crippen molar-refractivity contribution in [1.82, 2.24) is 20.3 Å². The molecule has 3 rings (SSSR count). The number of hydrogen-bond acceptors (Lipinski definition) is 4. The lowest BCUT2D eigenvalue weighted by Gasteiger charge is -2.06. The molecule has 2 aromatic carbocycles. The van der Waals surface area contributed by atoms with Crippen molar-refractivity contribution >= 4 is 23.3 Å². The van der Waals surface area contributed by atoms with Gasteiger partial charge < -0.3 is 16.0 Å². The summed E-state index contributed by atoms with van der Waals surface area (Å²) in [5, 5.41) is 16.1. The molecule has 0 bridgehead atoms. The summed E-state index contributed by atoms with van der Waals surface area (Å²) >= 11 is 0. The van der Waals surface area contributed by atoms with Crippen LogP contribution in [0.3, 0.4) is 0 Å². The molecule has 8 nitrogen and oxygen atoms in total. The van der Waals surface area contributed by atoms with Gasteiger partial charge in [0.15, 0.2) is 5.69 Å². The number of amides is 3. The first-order valence-corrected chi connectivity index (χ1v) is 7.53. The minimum atomic E-state index is -0.366. The number of nitrogens with one attached hydrogen (secondary N) is 3. The Balaban J connectivity index is 1.66. The molecule has 0 aliphatic rings. The average Bonchev–Trinajstić information content (AvgIpc) is 3.14. The average molecular weight is 336 g/mol. The molecule has 0 radical (unpaired) electrons. The normalized spacial score (nSPS) is 10.1. The van der Waals surface area contributed by atoms with Crippen LogP contribution in [0.1, 0.15) is 10.5 Å². The molecule has 1 heterocycles. The van der Waals surface area contributed by atoms with Crippen LogP contribution < -0.4 is 16.0 Å². The summed E-state index contributed by atoms with van der Waals surface area (Å²) in [6.45, 7) is 0. The van der Waals surface area contributed by atoms with Crippen LogP contribution in [0.15, 0.2) is 60.8 Å². The van der Waals surface area contributed by atoms with E-state index in [1.165, 1.54) is 18.0 Å². The molecule has 8 heteroatoms. The molecule has 0 aliphatic heterocycles. The molecule has 25 heavy (non-hydrogen) atoms. The number of para-hydroxylation sites is 1. The number of hydrogen-bond donors (Lipinski definition) is 3. The van der Waals surface area contributed by atoms with Crippen molar-refractivity contribution in [2.24, 2.45) is 0 Å². The first-order valence-electron chi connectivity index (χ1n) is 7.53. The Labute approximate surface area is 143 Å². The Kier molecular flexibility index (Phi) is 4.70. The van der Waals surface area contributed by atoms with Crippen LogP contribution in [-0.2, 0) is 0 Å².